The molecule has 0 bridgehead atoms. The highest BCUT2D eigenvalue weighted by Gasteiger charge is 2.26. The lowest BCUT2D eigenvalue weighted by atomic mass is 9.75. The van der Waals surface area contributed by atoms with Crippen LogP contribution in [0.25, 0.3) is 0 Å². The fourth-order valence-corrected chi connectivity index (χ4v) is 2.21. The molecular formula is C13H27N3O. The topological polar surface area (TPSA) is 44.4 Å². The zero-order valence-corrected chi connectivity index (χ0v) is 11.7. The zero-order valence-electron chi connectivity index (χ0n) is 11.7. The molecule has 4 nitrogen and oxygen atoms in total. The van der Waals surface area contributed by atoms with Crippen LogP contribution in [0.3, 0.4) is 0 Å². The molecule has 100 valence electrons. The SMILES string of the molecule is CN(C)C(=O)NCCNC1CCC(C)(C)CC1. The third-order valence-corrected chi connectivity index (χ3v) is 3.58. The molecule has 1 fully saturated rings. The zero-order chi connectivity index (χ0) is 12.9. The molecule has 0 heterocycles. The Bertz CT molecular complexity index is 241. The number of urea groups is 1. The second-order valence-electron chi connectivity index (χ2n) is 6.02. The second kappa shape index (κ2) is 6.24. The number of carbonyl (C=O) groups is 1. The molecule has 2 amide bonds. The Labute approximate surface area is 105 Å². The van der Waals surface area contributed by atoms with Crippen molar-refractivity contribution in [2.75, 3.05) is 27.2 Å². The molecule has 0 unspecified atom stereocenters. The minimum atomic E-state index is -0.0171. The maximum Gasteiger partial charge on any atom is 0.316 e. The molecule has 0 aromatic heterocycles. The first kappa shape index (κ1) is 14.3. The Morgan fingerprint density at radius 3 is 2.35 bits per heavy atom. The minimum Gasteiger partial charge on any atom is -0.337 e. The van der Waals surface area contributed by atoms with Crippen molar-refractivity contribution < 1.29 is 4.79 Å². The Kier molecular flexibility index (Phi) is 5.25. The van der Waals surface area contributed by atoms with Gasteiger partial charge in [-0.25, -0.2) is 4.79 Å². The van der Waals surface area contributed by atoms with Crippen LogP contribution in [0.5, 0.6) is 0 Å². The van der Waals surface area contributed by atoms with E-state index in [2.05, 4.69) is 24.5 Å². The Morgan fingerprint density at radius 2 is 1.82 bits per heavy atom. The van der Waals surface area contributed by atoms with Gasteiger partial charge in [-0.3, -0.25) is 0 Å². The summed E-state index contributed by atoms with van der Waals surface area (Å²) in [5.74, 6) is 0. The second-order valence-corrected chi connectivity index (χ2v) is 6.02. The van der Waals surface area contributed by atoms with E-state index in [4.69, 9.17) is 0 Å². The average Bonchev–Trinajstić information content (AvgIpc) is 2.25. The smallest absolute Gasteiger partial charge is 0.316 e. The molecule has 4 heteroatoms. The lowest BCUT2D eigenvalue weighted by Crippen LogP contribution is -2.42. The van der Waals surface area contributed by atoms with Gasteiger partial charge in [-0.2, -0.15) is 0 Å². The molecule has 0 aliphatic heterocycles. The van der Waals surface area contributed by atoms with Gasteiger partial charge in [-0.15, -0.1) is 0 Å². The molecule has 1 aliphatic carbocycles. The van der Waals surface area contributed by atoms with Gasteiger partial charge in [-0.1, -0.05) is 13.8 Å². The van der Waals surface area contributed by atoms with E-state index in [1.54, 1.807) is 19.0 Å². The molecule has 0 aromatic rings. The normalized spacial score (nSPS) is 20.0. The van der Waals surface area contributed by atoms with Gasteiger partial charge in [0.05, 0.1) is 0 Å². The highest BCUT2D eigenvalue weighted by atomic mass is 16.2. The van der Waals surface area contributed by atoms with E-state index in [0.717, 1.165) is 6.54 Å². The fourth-order valence-electron chi connectivity index (χ4n) is 2.21. The van der Waals surface area contributed by atoms with E-state index >= 15 is 0 Å². The summed E-state index contributed by atoms with van der Waals surface area (Å²) < 4.78 is 0. The van der Waals surface area contributed by atoms with Crippen LogP contribution in [0, 0.1) is 5.41 Å². The van der Waals surface area contributed by atoms with Crippen LogP contribution in [-0.2, 0) is 0 Å². The van der Waals surface area contributed by atoms with Gasteiger partial charge in [0, 0.05) is 33.2 Å². The lowest BCUT2D eigenvalue weighted by Gasteiger charge is -2.34. The van der Waals surface area contributed by atoms with Crippen molar-refractivity contribution in [1.29, 1.82) is 0 Å². The number of hydrogen-bond donors (Lipinski definition) is 2. The molecule has 0 atom stereocenters. The number of rotatable bonds is 4. The average molecular weight is 241 g/mol. The van der Waals surface area contributed by atoms with Crippen LogP contribution >= 0.6 is 0 Å². The van der Waals surface area contributed by atoms with E-state index in [1.165, 1.54) is 25.7 Å². The van der Waals surface area contributed by atoms with Crippen LogP contribution < -0.4 is 10.6 Å². The van der Waals surface area contributed by atoms with Crippen molar-refractivity contribution in [3.63, 3.8) is 0 Å². The van der Waals surface area contributed by atoms with Crippen molar-refractivity contribution in [3.05, 3.63) is 0 Å². The van der Waals surface area contributed by atoms with Gasteiger partial charge >= 0.3 is 6.03 Å². The minimum absolute atomic E-state index is 0.0171. The Hall–Kier alpha value is -0.770. The molecule has 0 aromatic carbocycles. The summed E-state index contributed by atoms with van der Waals surface area (Å²) in [5, 5.41) is 6.38. The van der Waals surface area contributed by atoms with Crippen molar-refractivity contribution in [1.82, 2.24) is 15.5 Å². The molecule has 0 spiro atoms. The molecular weight excluding hydrogens is 214 g/mol. The van der Waals surface area contributed by atoms with Crippen molar-refractivity contribution in [3.8, 4) is 0 Å². The van der Waals surface area contributed by atoms with Gasteiger partial charge < -0.3 is 15.5 Å². The van der Waals surface area contributed by atoms with Crippen LogP contribution in [-0.4, -0.2) is 44.2 Å². The first-order chi connectivity index (χ1) is 7.91. The number of nitrogens with zero attached hydrogens (tertiary/aromatic N) is 1. The summed E-state index contributed by atoms with van der Waals surface area (Å²) >= 11 is 0. The molecule has 0 radical (unpaired) electrons. The van der Waals surface area contributed by atoms with E-state index in [-0.39, 0.29) is 6.03 Å². The first-order valence-electron chi connectivity index (χ1n) is 6.59. The van der Waals surface area contributed by atoms with Crippen LogP contribution in [0.2, 0.25) is 0 Å². The highest BCUT2D eigenvalue weighted by Crippen LogP contribution is 2.34. The van der Waals surface area contributed by atoms with Crippen LogP contribution in [0.4, 0.5) is 4.79 Å². The van der Waals surface area contributed by atoms with Gasteiger partial charge in [0.25, 0.3) is 0 Å². The van der Waals surface area contributed by atoms with E-state index < -0.39 is 0 Å². The highest BCUT2D eigenvalue weighted by molar-refractivity contribution is 5.73. The maximum absolute atomic E-state index is 11.3. The van der Waals surface area contributed by atoms with Gasteiger partial charge in [0.15, 0.2) is 0 Å². The molecule has 2 N–H and O–H groups in total. The predicted molar refractivity (Wildman–Crippen MR) is 71.1 cm³/mol. The number of amides is 2. The maximum atomic E-state index is 11.3. The molecule has 1 rings (SSSR count). The van der Waals surface area contributed by atoms with Crippen molar-refractivity contribution in [2.24, 2.45) is 5.41 Å². The number of carbonyl (C=O) groups excluding carboxylic acids is 1. The lowest BCUT2D eigenvalue weighted by molar-refractivity contribution is 0.205. The van der Waals surface area contributed by atoms with Crippen LogP contribution in [0.15, 0.2) is 0 Å². The largest absolute Gasteiger partial charge is 0.337 e. The van der Waals surface area contributed by atoms with Crippen molar-refractivity contribution >= 4 is 6.03 Å². The summed E-state index contributed by atoms with van der Waals surface area (Å²) in [7, 11) is 3.51. The molecule has 0 saturated heterocycles. The Morgan fingerprint density at radius 1 is 1.24 bits per heavy atom. The summed E-state index contributed by atoms with van der Waals surface area (Å²) in [6, 6.07) is 0.621. The summed E-state index contributed by atoms with van der Waals surface area (Å²) in [6.45, 7) is 6.27. The number of hydrogen-bond acceptors (Lipinski definition) is 2. The molecule has 1 saturated carbocycles. The summed E-state index contributed by atoms with van der Waals surface area (Å²) in [4.78, 5) is 12.8. The van der Waals surface area contributed by atoms with Crippen molar-refractivity contribution in [2.45, 2.75) is 45.6 Å². The fraction of sp³-hybridized carbons (Fsp3) is 0.923. The van der Waals surface area contributed by atoms with E-state index in [1.807, 2.05) is 0 Å². The Balaban J connectivity index is 2.06. The molecule has 1 aliphatic rings. The van der Waals surface area contributed by atoms with Crippen LogP contribution in [0.1, 0.15) is 39.5 Å². The summed E-state index contributed by atoms with van der Waals surface area (Å²) in [6.07, 6.45) is 5.12. The predicted octanol–water partition coefficient (Wildman–Crippen LogP) is 1.82. The quantitative estimate of drug-likeness (QED) is 0.737. The van der Waals surface area contributed by atoms with Gasteiger partial charge in [0.1, 0.15) is 0 Å². The summed E-state index contributed by atoms with van der Waals surface area (Å²) in [5.41, 5.74) is 0.525. The third-order valence-electron chi connectivity index (χ3n) is 3.58. The standard InChI is InChI=1S/C13H27N3O/c1-13(2)7-5-11(6-8-13)14-9-10-15-12(17)16(3)4/h11,14H,5-10H2,1-4H3,(H,15,17). The van der Waals surface area contributed by atoms with Gasteiger partial charge in [0.2, 0.25) is 0 Å². The number of nitrogens with one attached hydrogen (secondary N) is 2. The van der Waals surface area contributed by atoms with Gasteiger partial charge in [-0.05, 0) is 31.1 Å². The van der Waals surface area contributed by atoms with E-state index in [9.17, 15) is 4.79 Å². The first-order valence-corrected chi connectivity index (χ1v) is 6.59. The molecule has 17 heavy (non-hydrogen) atoms. The monoisotopic (exact) mass is 241 g/mol. The third kappa shape index (κ3) is 5.39. The van der Waals surface area contributed by atoms with E-state index in [0.29, 0.717) is 18.0 Å².